The van der Waals surface area contributed by atoms with Gasteiger partial charge in [0.15, 0.2) is 11.6 Å². The fourth-order valence-corrected chi connectivity index (χ4v) is 5.62. The van der Waals surface area contributed by atoms with Crippen molar-refractivity contribution < 1.29 is 8.42 Å². The van der Waals surface area contributed by atoms with Gasteiger partial charge >= 0.3 is 0 Å². The zero-order chi connectivity index (χ0) is 19.7. The number of aromatic nitrogens is 2. The van der Waals surface area contributed by atoms with Crippen LogP contribution in [0, 0.1) is 13.8 Å². The molecule has 2 fully saturated rings. The van der Waals surface area contributed by atoms with Crippen LogP contribution in [0.3, 0.4) is 0 Å². The molecule has 150 valence electrons. The predicted octanol–water partition coefficient (Wildman–Crippen LogP) is 2.20. The Hall–Kier alpha value is -2.19. The SMILES string of the molecule is Cc1ccc(S(=O)(=O)N2CCN(c3ccc(N4CCCC4)nn3)CC2)c(C)c1. The van der Waals surface area contributed by atoms with Gasteiger partial charge in [-0.3, -0.25) is 0 Å². The summed E-state index contributed by atoms with van der Waals surface area (Å²) in [5, 5.41) is 8.76. The summed E-state index contributed by atoms with van der Waals surface area (Å²) in [7, 11) is -3.47. The Labute approximate surface area is 167 Å². The average molecular weight is 402 g/mol. The Balaban J connectivity index is 1.42. The number of piperazine rings is 1. The summed E-state index contributed by atoms with van der Waals surface area (Å²) in [4.78, 5) is 4.77. The molecule has 8 heteroatoms. The fourth-order valence-electron chi connectivity index (χ4n) is 3.99. The number of hydrogen-bond donors (Lipinski definition) is 0. The van der Waals surface area contributed by atoms with Gasteiger partial charge in [-0.2, -0.15) is 4.31 Å². The standard InChI is InChI=1S/C20H27N5O2S/c1-16-5-6-18(17(2)15-16)28(26,27)25-13-11-24(12-14-25)20-8-7-19(21-22-20)23-9-3-4-10-23/h5-8,15H,3-4,9-14H2,1-2H3. The van der Waals surface area contributed by atoms with Crippen LogP contribution in [-0.4, -0.2) is 62.2 Å². The highest BCUT2D eigenvalue weighted by Crippen LogP contribution is 2.24. The lowest BCUT2D eigenvalue weighted by atomic mass is 10.2. The molecule has 0 saturated carbocycles. The van der Waals surface area contributed by atoms with Crippen LogP contribution in [0.1, 0.15) is 24.0 Å². The minimum atomic E-state index is -3.47. The molecular weight excluding hydrogens is 374 g/mol. The molecule has 0 N–H and O–H groups in total. The first kappa shape index (κ1) is 19.1. The Kier molecular flexibility index (Phi) is 5.25. The first-order chi connectivity index (χ1) is 13.4. The Morgan fingerprint density at radius 3 is 1.89 bits per heavy atom. The molecule has 2 aromatic rings. The van der Waals surface area contributed by atoms with E-state index in [4.69, 9.17) is 0 Å². The van der Waals surface area contributed by atoms with E-state index < -0.39 is 10.0 Å². The predicted molar refractivity (Wildman–Crippen MR) is 110 cm³/mol. The molecule has 2 saturated heterocycles. The molecule has 0 radical (unpaired) electrons. The summed E-state index contributed by atoms with van der Waals surface area (Å²) in [5.41, 5.74) is 1.86. The second kappa shape index (κ2) is 7.67. The Bertz CT molecular complexity index is 932. The highest BCUT2D eigenvalue weighted by atomic mass is 32.2. The highest BCUT2D eigenvalue weighted by Gasteiger charge is 2.30. The lowest BCUT2D eigenvalue weighted by Gasteiger charge is -2.34. The highest BCUT2D eigenvalue weighted by molar-refractivity contribution is 7.89. The molecule has 3 heterocycles. The minimum Gasteiger partial charge on any atom is -0.355 e. The van der Waals surface area contributed by atoms with Gasteiger partial charge in [-0.1, -0.05) is 17.7 Å². The van der Waals surface area contributed by atoms with Crippen LogP contribution in [0.15, 0.2) is 35.2 Å². The molecule has 0 atom stereocenters. The van der Waals surface area contributed by atoms with Crippen LogP contribution >= 0.6 is 0 Å². The zero-order valence-corrected chi connectivity index (χ0v) is 17.3. The third-order valence-corrected chi connectivity index (χ3v) is 7.64. The second-order valence-corrected chi connectivity index (χ2v) is 9.51. The van der Waals surface area contributed by atoms with Crippen LogP contribution in [0.5, 0.6) is 0 Å². The summed E-state index contributed by atoms with van der Waals surface area (Å²) in [6.45, 7) is 8.04. The van der Waals surface area contributed by atoms with Crippen molar-refractivity contribution in [3.63, 3.8) is 0 Å². The summed E-state index contributed by atoms with van der Waals surface area (Å²) in [5.74, 6) is 1.74. The van der Waals surface area contributed by atoms with Crippen LogP contribution in [-0.2, 0) is 10.0 Å². The maximum atomic E-state index is 13.0. The first-order valence-electron chi connectivity index (χ1n) is 9.86. The van der Waals surface area contributed by atoms with E-state index in [0.717, 1.165) is 35.9 Å². The monoisotopic (exact) mass is 401 g/mol. The number of benzene rings is 1. The maximum absolute atomic E-state index is 13.0. The Morgan fingerprint density at radius 2 is 1.36 bits per heavy atom. The summed E-state index contributed by atoms with van der Waals surface area (Å²) in [6.07, 6.45) is 2.42. The quantitative estimate of drug-likeness (QED) is 0.782. The van der Waals surface area contributed by atoms with Crippen molar-refractivity contribution in [1.29, 1.82) is 0 Å². The second-order valence-electron chi connectivity index (χ2n) is 7.60. The molecule has 0 amide bonds. The van der Waals surface area contributed by atoms with Crippen molar-refractivity contribution in [1.82, 2.24) is 14.5 Å². The molecule has 0 unspecified atom stereocenters. The summed E-state index contributed by atoms with van der Waals surface area (Å²) < 4.78 is 27.6. The molecule has 2 aliphatic heterocycles. The largest absolute Gasteiger partial charge is 0.355 e. The normalized spacial score (nSPS) is 18.6. The Morgan fingerprint density at radius 1 is 0.786 bits per heavy atom. The van der Waals surface area contributed by atoms with E-state index in [9.17, 15) is 8.42 Å². The van der Waals surface area contributed by atoms with Gasteiger partial charge in [0.25, 0.3) is 0 Å². The number of nitrogens with zero attached hydrogens (tertiary/aromatic N) is 5. The number of rotatable bonds is 4. The summed E-state index contributed by atoms with van der Waals surface area (Å²) in [6, 6.07) is 9.50. The first-order valence-corrected chi connectivity index (χ1v) is 11.3. The lowest BCUT2D eigenvalue weighted by molar-refractivity contribution is 0.383. The van der Waals surface area contributed by atoms with E-state index in [0.29, 0.717) is 31.1 Å². The minimum absolute atomic E-state index is 0.404. The molecule has 28 heavy (non-hydrogen) atoms. The van der Waals surface area contributed by atoms with E-state index in [1.807, 2.05) is 38.1 Å². The number of aryl methyl sites for hydroxylation is 2. The number of anilines is 2. The maximum Gasteiger partial charge on any atom is 0.243 e. The van der Waals surface area contributed by atoms with Crippen molar-refractivity contribution in [3.8, 4) is 0 Å². The van der Waals surface area contributed by atoms with Crippen LogP contribution in [0.2, 0.25) is 0 Å². The van der Waals surface area contributed by atoms with Gasteiger partial charge in [-0.25, -0.2) is 8.42 Å². The molecular formula is C20H27N5O2S. The van der Waals surface area contributed by atoms with Gasteiger partial charge in [-0.15, -0.1) is 10.2 Å². The van der Waals surface area contributed by atoms with Crippen LogP contribution < -0.4 is 9.80 Å². The van der Waals surface area contributed by atoms with Crippen molar-refractivity contribution in [2.45, 2.75) is 31.6 Å². The van der Waals surface area contributed by atoms with Gasteiger partial charge in [0, 0.05) is 39.3 Å². The zero-order valence-electron chi connectivity index (χ0n) is 16.5. The van der Waals surface area contributed by atoms with Crippen molar-refractivity contribution in [2.75, 3.05) is 49.1 Å². The topological polar surface area (TPSA) is 69.6 Å². The van der Waals surface area contributed by atoms with Gasteiger partial charge < -0.3 is 9.80 Å². The average Bonchev–Trinajstić information content (AvgIpc) is 3.23. The van der Waals surface area contributed by atoms with Gasteiger partial charge in [0.1, 0.15) is 0 Å². The van der Waals surface area contributed by atoms with Gasteiger partial charge in [-0.05, 0) is 50.5 Å². The number of hydrogen-bond acceptors (Lipinski definition) is 6. The van der Waals surface area contributed by atoms with Crippen molar-refractivity contribution in [3.05, 3.63) is 41.5 Å². The lowest BCUT2D eigenvalue weighted by Crippen LogP contribution is -2.49. The molecule has 4 rings (SSSR count). The van der Waals surface area contributed by atoms with Crippen LogP contribution in [0.4, 0.5) is 11.6 Å². The van der Waals surface area contributed by atoms with E-state index in [2.05, 4.69) is 20.0 Å². The van der Waals surface area contributed by atoms with E-state index in [1.165, 1.54) is 12.8 Å². The van der Waals surface area contributed by atoms with Crippen molar-refractivity contribution >= 4 is 21.7 Å². The van der Waals surface area contributed by atoms with E-state index >= 15 is 0 Å². The smallest absolute Gasteiger partial charge is 0.243 e. The van der Waals surface area contributed by atoms with Gasteiger partial charge in [0.05, 0.1) is 4.90 Å². The molecule has 0 aliphatic carbocycles. The third-order valence-electron chi connectivity index (χ3n) is 5.58. The third kappa shape index (κ3) is 3.71. The van der Waals surface area contributed by atoms with E-state index in [-0.39, 0.29) is 0 Å². The fraction of sp³-hybridized carbons (Fsp3) is 0.500. The number of sulfonamides is 1. The molecule has 0 spiro atoms. The molecule has 1 aromatic carbocycles. The van der Waals surface area contributed by atoms with Crippen molar-refractivity contribution in [2.24, 2.45) is 0 Å². The molecule has 7 nitrogen and oxygen atoms in total. The van der Waals surface area contributed by atoms with Gasteiger partial charge in [0.2, 0.25) is 10.0 Å². The molecule has 0 bridgehead atoms. The van der Waals surface area contributed by atoms with Crippen LogP contribution in [0.25, 0.3) is 0 Å². The molecule has 1 aromatic heterocycles. The van der Waals surface area contributed by atoms with E-state index in [1.54, 1.807) is 10.4 Å². The molecule has 2 aliphatic rings. The summed E-state index contributed by atoms with van der Waals surface area (Å²) >= 11 is 0.